The fraction of sp³-hybridized carbons (Fsp3) is 0.923. The van der Waals surface area contributed by atoms with Gasteiger partial charge in [0.2, 0.25) is 0 Å². The minimum absolute atomic E-state index is 0.422. The third-order valence-electron chi connectivity index (χ3n) is 3.61. The van der Waals surface area contributed by atoms with E-state index in [0.717, 1.165) is 25.9 Å². The van der Waals surface area contributed by atoms with Gasteiger partial charge in [-0.25, -0.2) is 0 Å². The van der Waals surface area contributed by atoms with Crippen molar-refractivity contribution in [1.29, 1.82) is 0 Å². The minimum Gasteiger partial charge on any atom is -0.480 e. The molecule has 0 amide bonds. The van der Waals surface area contributed by atoms with Crippen molar-refractivity contribution in [2.75, 3.05) is 13.1 Å². The molecule has 1 rings (SSSR count). The SMILES string of the molecule is CCN(CCC(C)(NC1CC1)C(=O)O)C(C)C. The molecule has 1 aliphatic rings. The monoisotopic (exact) mass is 242 g/mol. The Kier molecular flexibility index (Phi) is 4.95. The fourth-order valence-corrected chi connectivity index (χ4v) is 2.07. The molecule has 1 aliphatic carbocycles. The summed E-state index contributed by atoms with van der Waals surface area (Å²) in [4.78, 5) is 13.7. The number of carboxylic acids is 1. The second-order valence-electron chi connectivity index (χ2n) is 5.53. The number of rotatable bonds is 8. The van der Waals surface area contributed by atoms with Crippen LogP contribution in [-0.2, 0) is 4.79 Å². The first kappa shape index (κ1) is 14.5. The number of carboxylic acid groups (broad SMARTS) is 1. The molecule has 1 unspecified atom stereocenters. The van der Waals surface area contributed by atoms with Gasteiger partial charge in [-0.15, -0.1) is 0 Å². The lowest BCUT2D eigenvalue weighted by Gasteiger charge is -2.31. The fourth-order valence-electron chi connectivity index (χ4n) is 2.07. The van der Waals surface area contributed by atoms with Crippen LogP contribution in [0.15, 0.2) is 0 Å². The number of hydrogen-bond donors (Lipinski definition) is 2. The Morgan fingerprint density at radius 2 is 2.12 bits per heavy atom. The highest BCUT2D eigenvalue weighted by molar-refractivity contribution is 5.78. The van der Waals surface area contributed by atoms with Crippen LogP contribution in [-0.4, -0.2) is 46.7 Å². The van der Waals surface area contributed by atoms with Crippen LogP contribution in [0.3, 0.4) is 0 Å². The summed E-state index contributed by atoms with van der Waals surface area (Å²) in [7, 11) is 0. The third-order valence-corrected chi connectivity index (χ3v) is 3.61. The second-order valence-corrected chi connectivity index (χ2v) is 5.53. The predicted octanol–water partition coefficient (Wildman–Crippen LogP) is 1.70. The summed E-state index contributed by atoms with van der Waals surface area (Å²) in [6, 6.07) is 0.893. The highest BCUT2D eigenvalue weighted by Gasteiger charge is 2.38. The van der Waals surface area contributed by atoms with Gasteiger partial charge in [-0.3, -0.25) is 10.1 Å². The molecular formula is C13H26N2O2. The van der Waals surface area contributed by atoms with Gasteiger partial charge in [0.1, 0.15) is 5.54 Å². The lowest BCUT2D eigenvalue weighted by molar-refractivity contribution is -0.144. The lowest BCUT2D eigenvalue weighted by Crippen LogP contribution is -2.52. The molecule has 4 heteroatoms. The molecule has 1 atom stereocenters. The second kappa shape index (κ2) is 5.83. The van der Waals surface area contributed by atoms with Crippen LogP contribution in [0, 0.1) is 0 Å². The number of nitrogens with one attached hydrogen (secondary N) is 1. The maximum Gasteiger partial charge on any atom is 0.323 e. The average molecular weight is 242 g/mol. The molecule has 0 aromatic heterocycles. The van der Waals surface area contributed by atoms with Crippen molar-refractivity contribution in [3.63, 3.8) is 0 Å². The van der Waals surface area contributed by atoms with Gasteiger partial charge in [0, 0.05) is 18.6 Å². The van der Waals surface area contributed by atoms with Crippen LogP contribution >= 0.6 is 0 Å². The molecule has 0 aromatic carbocycles. The first-order chi connectivity index (χ1) is 7.89. The van der Waals surface area contributed by atoms with E-state index in [-0.39, 0.29) is 0 Å². The van der Waals surface area contributed by atoms with Gasteiger partial charge in [-0.1, -0.05) is 6.92 Å². The van der Waals surface area contributed by atoms with E-state index in [1.54, 1.807) is 0 Å². The van der Waals surface area contributed by atoms with E-state index in [1.807, 2.05) is 6.92 Å². The Morgan fingerprint density at radius 1 is 1.53 bits per heavy atom. The molecule has 1 fully saturated rings. The van der Waals surface area contributed by atoms with E-state index < -0.39 is 11.5 Å². The number of aliphatic carboxylic acids is 1. The molecule has 4 nitrogen and oxygen atoms in total. The molecule has 0 saturated heterocycles. The van der Waals surface area contributed by atoms with Gasteiger partial charge in [-0.2, -0.15) is 0 Å². The molecule has 0 aliphatic heterocycles. The van der Waals surface area contributed by atoms with Gasteiger partial charge >= 0.3 is 5.97 Å². The molecule has 0 aromatic rings. The van der Waals surface area contributed by atoms with Crippen LogP contribution < -0.4 is 5.32 Å². The van der Waals surface area contributed by atoms with Crippen molar-refractivity contribution >= 4 is 5.97 Å². The zero-order valence-electron chi connectivity index (χ0n) is 11.5. The highest BCUT2D eigenvalue weighted by atomic mass is 16.4. The zero-order chi connectivity index (χ0) is 13.1. The summed E-state index contributed by atoms with van der Waals surface area (Å²) < 4.78 is 0. The maximum absolute atomic E-state index is 11.4. The Morgan fingerprint density at radius 3 is 2.47 bits per heavy atom. The van der Waals surface area contributed by atoms with Crippen molar-refractivity contribution in [3.8, 4) is 0 Å². The Balaban J connectivity index is 2.50. The highest BCUT2D eigenvalue weighted by Crippen LogP contribution is 2.24. The Hall–Kier alpha value is -0.610. The van der Waals surface area contributed by atoms with E-state index in [2.05, 4.69) is 31.0 Å². The molecular weight excluding hydrogens is 216 g/mol. The number of hydrogen-bond acceptors (Lipinski definition) is 3. The van der Waals surface area contributed by atoms with Gasteiger partial charge in [0.05, 0.1) is 0 Å². The largest absolute Gasteiger partial charge is 0.480 e. The first-order valence-corrected chi connectivity index (χ1v) is 6.64. The van der Waals surface area contributed by atoms with Crippen molar-refractivity contribution < 1.29 is 9.90 Å². The van der Waals surface area contributed by atoms with Crippen LogP contribution in [0.2, 0.25) is 0 Å². The van der Waals surface area contributed by atoms with Crippen LogP contribution in [0.1, 0.15) is 47.0 Å². The van der Waals surface area contributed by atoms with E-state index >= 15 is 0 Å². The summed E-state index contributed by atoms with van der Waals surface area (Å²) >= 11 is 0. The summed E-state index contributed by atoms with van der Waals surface area (Å²) in [6.07, 6.45) is 2.89. The molecule has 0 bridgehead atoms. The van der Waals surface area contributed by atoms with Gasteiger partial charge in [0.15, 0.2) is 0 Å². The van der Waals surface area contributed by atoms with Crippen LogP contribution in [0.5, 0.6) is 0 Å². The summed E-state index contributed by atoms with van der Waals surface area (Å²) in [6.45, 7) is 10.0. The summed E-state index contributed by atoms with van der Waals surface area (Å²) in [5, 5.41) is 12.6. The van der Waals surface area contributed by atoms with Crippen LogP contribution in [0.4, 0.5) is 0 Å². The smallest absolute Gasteiger partial charge is 0.323 e. The van der Waals surface area contributed by atoms with Crippen molar-refractivity contribution in [1.82, 2.24) is 10.2 Å². The molecule has 0 heterocycles. The lowest BCUT2D eigenvalue weighted by atomic mass is 9.97. The van der Waals surface area contributed by atoms with Gasteiger partial charge < -0.3 is 10.0 Å². The Bertz CT molecular complexity index is 264. The van der Waals surface area contributed by atoms with Gasteiger partial charge in [0.25, 0.3) is 0 Å². The van der Waals surface area contributed by atoms with Crippen molar-refractivity contribution in [2.24, 2.45) is 0 Å². The van der Waals surface area contributed by atoms with Crippen molar-refractivity contribution in [2.45, 2.75) is 64.6 Å². The topological polar surface area (TPSA) is 52.6 Å². The Labute approximate surface area is 104 Å². The minimum atomic E-state index is -0.774. The maximum atomic E-state index is 11.4. The third kappa shape index (κ3) is 4.28. The van der Waals surface area contributed by atoms with E-state index in [4.69, 9.17) is 0 Å². The predicted molar refractivity (Wildman–Crippen MR) is 69.2 cm³/mol. The quantitative estimate of drug-likeness (QED) is 0.680. The molecule has 0 spiro atoms. The van der Waals surface area contributed by atoms with E-state index in [9.17, 15) is 9.90 Å². The van der Waals surface area contributed by atoms with E-state index in [1.165, 1.54) is 0 Å². The zero-order valence-corrected chi connectivity index (χ0v) is 11.5. The normalized spacial score (nSPS) is 19.6. The summed E-state index contributed by atoms with van der Waals surface area (Å²) in [5.74, 6) is -0.732. The van der Waals surface area contributed by atoms with Gasteiger partial charge in [-0.05, 0) is 46.6 Å². The first-order valence-electron chi connectivity index (χ1n) is 6.64. The molecule has 100 valence electrons. The van der Waals surface area contributed by atoms with E-state index in [0.29, 0.717) is 18.5 Å². The average Bonchev–Trinajstić information content (AvgIpc) is 3.01. The van der Waals surface area contributed by atoms with Crippen molar-refractivity contribution in [3.05, 3.63) is 0 Å². The molecule has 1 saturated carbocycles. The number of carbonyl (C=O) groups is 1. The molecule has 17 heavy (non-hydrogen) atoms. The molecule has 0 radical (unpaired) electrons. The van der Waals surface area contributed by atoms with Crippen LogP contribution in [0.25, 0.3) is 0 Å². The molecule has 2 N–H and O–H groups in total. The number of nitrogens with zero attached hydrogens (tertiary/aromatic N) is 1. The standard InChI is InChI=1S/C13H26N2O2/c1-5-15(10(2)3)9-8-13(4,12(16)17)14-11-6-7-11/h10-11,14H,5-9H2,1-4H3,(H,16,17). The summed E-state index contributed by atoms with van der Waals surface area (Å²) in [5.41, 5.74) is -0.774.